The topological polar surface area (TPSA) is 24.7 Å². The number of para-hydroxylation sites is 2. The van der Waals surface area contributed by atoms with Crippen LogP contribution in [0.5, 0.6) is 0 Å². The van der Waals surface area contributed by atoms with Crippen LogP contribution in [0.15, 0.2) is 82.8 Å². The van der Waals surface area contributed by atoms with Crippen LogP contribution < -0.4 is 0 Å². The van der Waals surface area contributed by atoms with Crippen molar-refractivity contribution in [2.24, 2.45) is 9.98 Å². The summed E-state index contributed by atoms with van der Waals surface area (Å²) in [5.74, 6) is 0. The molecule has 0 saturated carbocycles. The van der Waals surface area contributed by atoms with E-state index in [1.165, 1.54) is 33.0 Å². The van der Waals surface area contributed by atoms with Crippen molar-refractivity contribution < 1.29 is 16.5 Å². The Morgan fingerprint density at radius 3 is 1.22 bits per heavy atom. The summed E-state index contributed by atoms with van der Waals surface area (Å²) in [4.78, 5) is 10.4. The van der Waals surface area contributed by atoms with E-state index in [-0.39, 0.29) is 23.9 Å². The van der Waals surface area contributed by atoms with Gasteiger partial charge in [-0.2, -0.15) is 0 Å². The van der Waals surface area contributed by atoms with E-state index in [1.807, 2.05) is 0 Å². The molecule has 0 amide bonds. The average Bonchev–Trinajstić information content (AvgIpc) is 3.02. The smallest absolute Gasteiger partial charge is 0.0979 e. The molecule has 0 fully saturated rings. The van der Waals surface area contributed by atoms with Crippen molar-refractivity contribution in [2.75, 3.05) is 0 Å². The molecule has 0 unspecified atom stereocenters. The molecule has 3 heteroatoms. The number of aryl methyl sites for hydroxylation is 4. The van der Waals surface area contributed by atoms with Gasteiger partial charge in [-0.05, 0) is 55.3 Å². The van der Waals surface area contributed by atoms with E-state index in [4.69, 9.17) is 9.98 Å². The Labute approximate surface area is 201 Å². The standard InChI is InChI=1S/C28H24N2.CH3.Ni/c1-17-9-5-10-18(2)25(17)29-27-22-15-7-13-21-14-8-16-23(24(21)22)28(27)30-26-19(3)11-6-12-20(26)4;;/h5-16H,1-4H3;1H3;/q;-1;. The summed E-state index contributed by atoms with van der Waals surface area (Å²) in [7, 11) is 0. The van der Waals surface area contributed by atoms with Crippen LogP contribution in [0.4, 0.5) is 11.4 Å². The van der Waals surface area contributed by atoms with Crippen molar-refractivity contribution in [3.05, 3.63) is 114 Å². The molecule has 4 aromatic carbocycles. The van der Waals surface area contributed by atoms with Crippen LogP contribution >= 0.6 is 0 Å². The minimum Gasteiger partial charge on any atom is -0.358 e. The van der Waals surface area contributed by atoms with Gasteiger partial charge in [-0.25, -0.2) is 9.98 Å². The van der Waals surface area contributed by atoms with E-state index < -0.39 is 0 Å². The Kier molecular flexibility index (Phi) is 6.81. The van der Waals surface area contributed by atoms with Crippen LogP contribution in [0, 0.1) is 35.1 Å². The maximum absolute atomic E-state index is 5.22. The third kappa shape index (κ3) is 3.83. The van der Waals surface area contributed by atoms with Crippen molar-refractivity contribution in [1.82, 2.24) is 0 Å². The second kappa shape index (κ2) is 9.22. The fourth-order valence-electron chi connectivity index (χ4n) is 4.40. The summed E-state index contributed by atoms with van der Waals surface area (Å²) in [5.41, 5.74) is 11.0. The monoisotopic (exact) mass is 461 g/mol. The Morgan fingerprint density at radius 1 is 0.500 bits per heavy atom. The maximum atomic E-state index is 5.22. The zero-order chi connectivity index (χ0) is 20.8. The van der Waals surface area contributed by atoms with Crippen molar-refractivity contribution >= 4 is 33.6 Å². The first kappa shape index (κ1) is 23.6. The van der Waals surface area contributed by atoms with Gasteiger partial charge in [0.1, 0.15) is 0 Å². The number of hydrogen-bond acceptors (Lipinski definition) is 2. The Hall–Kier alpha value is -3.03. The van der Waals surface area contributed by atoms with Crippen molar-refractivity contribution in [2.45, 2.75) is 27.7 Å². The summed E-state index contributed by atoms with van der Waals surface area (Å²) < 4.78 is 0. The molecule has 0 radical (unpaired) electrons. The number of aliphatic imine (C=N–C) groups is 2. The summed E-state index contributed by atoms with van der Waals surface area (Å²) in [5, 5.41) is 2.47. The molecule has 0 aliphatic heterocycles. The minimum atomic E-state index is 0. The van der Waals surface area contributed by atoms with Gasteiger partial charge >= 0.3 is 0 Å². The predicted octanol–water partition coefficient (Wildman–Crippen LogP) is 7.78. The molecular formula is C29H27N2Ni-. The fraction of sp³-hybridized carbons (Fsp3) is 0.138. The van der Waals surface area contributed by atoms with Gasteiger partial charge in [0.05, 0.1) is 22.8 Å². The van der Waals surface area contributed by atoms with Gasteiger partial charge in [0.2, 0.25) is 0 Å². The Balaban J connectivity index is 0.00000144. The van der Waals surface area contributed by atoms with Crippen LogP contribution in [-0.2, 0) is 16.5 Å². The van der Waals surface area contributed by atoms with Gasteiger partial charge < -0.3 is 7.43 Å². The number of rotatable bonds is 2. The van der Waals surface area contributed by atoms with Gasteiger partial charge in [-0.1, -0.05) is 72.8 Å². The predicted molar refractivity (Wildman–Crippen MR) is 135 cm³/mol. The van der Waals surface area contributed by atoms with E-state index in [9.17, 15) is 0 Å². The van der Waals surface area contributed by atoms with Gasteiger partial charge in [0.25, 0.3) is 0 Å². The molecule has 2 nitrogen and oxygen atoms in total. The summed E-state index contributed by atoms with van der Waals surface area (Å²) in [6, 6.07) is 25.6. The first-order valence-corrected chi connectivity index (χ1v) is 10.4. The normalized spacial score (nSPS) is 14.5. The molecular weight excluding hydrogens is 435 g/mol. The average molecular weight is 462 g/mol. The quantitative estimate of drug-likeness (QED) is 0.215. The van der Waals surface area contributed by atoms with Crippen LogP contribution in [0.3, 0.4) is 0 Å². The molecule has 0 bridgehead atoms. The molecule has 5 rings (SSSR count). The number of hydrogen-bond donors (Lipinski definition) is 0. The van der Waals surface area contributed by atoms with Crippen molar-refractivity contribution in [3.8, 4) is 0 Å². The van der Waals surface area contributed by atoms with E-state index in [0.717, 1.165) is 33.9 Å². The zero-order valence-electron chi connectivity index (χ0n) is 19.1. The zero-order valence-corrected chi connectivity index (χ0v) is 20.1. The van der Waals surface area contributed by atoms with Gasteiger partial charge in [-0.15, -0.1) is 0 Å². The molecule has 0 heterocycles. The van der Waals surface area contributed by atoms with Crippen LogP contribution in [-0.4, -0.2) is 11.4 Å². The SMILES string of the molecule is Cc1cccc(C)c1N=C1C(=Nc2c(C)cccc2C)c2cccc3cccc1c23.[CH3-].[Ni]. The van der Waals surface area contributed by atoms with Crippen LogP contribution in [0.1, 0.15) is 33.4 Å². The number of benzene rings is 4. The molecule has 0 spiro atoms. The van der Waals surface area contributed by atoms with E-state index in [0.29, 0.717) is 0 Å². The molecule has 1 aliphatic rings. The largest absolute Gasteiger partial charge is 0.358 e. The van der Waals surface area contributed by atoms with E-state index in [1.54, 1.807) is 0 Å². The molecule has 1 aliphatic carbocycles. The molecule has 32 heavy (non-hydrogen) atoms. The molecule has 0 N–H and O–H groups in total. The first-order chi connectivity index (χ1) is 14.5. The first-order valence-electron chi connectivity index (χ1n) is 10.4. The summed E-state index contributed by atoms with van der Waals surface area (Å²) in [6.45, 7) is 8.49. The van der Waals surface area contributed by atoms with Crippen molar-refractivity contribution in [3.63, 3.8) is 0 Å². The fourth-order valence-corrected chi connectivity index (χ4v) is 4.40. The molecule has 4 aromatic rings. The van der Waals surface area contributed by atoms with E-state index >= 15 is 0 Å². The third-order valence-corrected chi connectivity index (χ3v) is 5.97. The summed E-state index contributed by atoms with van der Waals surface area (Å²) >= 11 is 0. The minimum absolute atomic E-state index is 0. The second-order valence-corrected chi connectivity index (χ2v) is 8.11. The molecule has 0 aromatic heterocycles. The molecule has 164 valence electrons. The van der Waals surface area contributed by atoms with Crippen LogP contribution in [0.25, 0.3) is 10.8 Å². The van der Waals surface area contributed by atoms with Crippen LogP contribution in [0.2, 0.25) is 0 Å². The Bertz CT molecular complexity index is 1240. The number of nitrogens with zero attached hydrogens (tertiary/aromatic N) is 2. The molecule has 0 saturated heterocycles. The Morgan fingerprint density at radius 2 is 0.844 bits per heavy atom. The van der Waals surface area contributed by atoms with E-state index in [2.05, 4.69) is 100 Å². The van der Waals surface area contributed by atoms with Crippen molar-refractivity contribution in [1.29, 1.82) is 0 Å². The molecule has 0 atom stereocenters. The van der Waals surface area contributed by atoms with Gasteiger partial charge in [-0.3, -0.25) is 0 Å². The third-order valence-electron chi connectivity index (χ3n) is 5.97. The second-order valence-electron chi connectivity index (χ2n) is 8.11. The maximum Gasteiger partial charge on any atom is 0.0979 e. The van der Waals surface area contributed by atoms with Gasteiger partial charge in [0.15, 0.2) is 0 Å². The van der Waals surface area contributed by atoms with Gasteiger partial charge in [0, 0.05) is 33.0 Å². The summed E-state index contributed by atoms with van der Waals surface area (Å²) in [6.07, 6.45) is 0.